The fourth-order valence-corrected chi connectivity index (χ4v) is 5.64. The van der Waals surface area contributed by atoms with E-state index >= 15 is 0 Å². The number of carbonyl (C=O) groups excluding carboxylic acids is 1. The van der Waals surface area contributed by atoms with Crippen LogP contribution in [-0.2, 0) is 4.79 Å². The zero-order chi connectivity index (χ0) is 23.8. The molecule has 0 aliphatic carbocycles. The normalized spacial score (nSPS) is 11.0. The second kappa shape index (κ2) is 14.1. The fraction of sp³-hybridized carbons (Fsp3) is 0.440. The van der Waals surface area contributed by atoms with E-state index in [1.54, 1.807) is 30.2 Å². The zero-order valence-electron chi connectivity index (χ0n) is 20.2. The Hall–Kier alpha value is -1.51. The van der Waals surface area contributed by atoms with Gasteiger partial charge in [0.25, 0.3) is 0 Å². The van der Waals surface area contributed by atoms with Gasteiger partial charge in [-0.2, -0.15) is 0 Å². The van der Waals surface area contributed by atoms with E-state index in [2.05, 4.69) is 25.7 Å². The predicted octanol–water partition coefficient (Wildman–Crippen LogP) is 6.94. The molecular weight excluding hydrogens is 509 g/mol. The smallest absolute Gasteiger partial charge is 0.228 e. The lowest BCUT2D eigenvalue weighted by atomic mass is 10.2. The van der Waals surface area contributed by atoms with Crippen LogP contribution in [0.4, 0.5) is 5.13 Å². The molecule has 0 aliphatic rings. The molecule has 0 aliphatic heterocycles. The molecule has 0 unspecified atom stereocenters. The Balaban J connectivity index is 0.00000408. The van der Waals surface area contributed by atoms with Crippen molar-refractivity contribution in [2.45, 2.75) is 38.5 Å². The van der Waals surface area contributed by atoms with Crippen LogP contribution in [0.25, 0.3) is 10.2 Å². The third kappa shape index (κ3) is 7.49. The summed E-state index contributed by atoms with van der Waals surface area (Å²) in [6, 6.07) is 11.8. The molecule has 3 aromatic rings. The first-order chi connectivity index (χ1) is 16.0. The van der Waals surface area contributed by atoms with E-state index in [0.717, 1.165) is 63.5 Å². The van der Waals surface area contributed by atoms with Crippen molar-refractivity contribution >= 4 is 68.4 Å². The summed E-state index contributed by atoms with van der Waals surface area (Å²) in [5, 5.41) is 1.49. The fourth-order valence-electron chi connectivity index (χ4n) is 3.57. The number of hydrogen-bond acceptors (Lipinski definition) is 6. The number of aromatic nitrogens is 1. The van der Waals surface area contributed by atoms with Gasteiger partial charge in [0.1, 0.15) is 11.3 Å². The number of methoxy groups -OCH3 is 1. The monoisotopic (exact) mass is 541 g/mol. The van der Waals surface area contributed by atoms with Gasteiger partial charge in [-0.1, -0.05) is 42.9 Å². The molecule has 1 aromatic heterocycles. The molecule has 1 heterocycles. The molecule has 0 N–H and O–H groups in total. The van der Waals surface area contributed by atoms with E-state index in [1.807, 2.05) is 41.3 Å². The second-order valence-corrected chi connectivity index (χ2v) is 10.3. The number of fused-ring (bicyclic) bond motifs is 1. The van der Waals surface area contributed by atoms with Crippen LogP contribution in [0, 0.1) is 6.92 Å². The molecule has 0 fully saturated rings. The molecule has 0 spiro atoms. The topological polar surface area (TPSA) is 45.7 Å². The van der Waals surface area contributed by atoms with E-state index in [4.69, 9.17) is 21.3 Å². The summed E-state index contributed by atoms with van der Waals surface area (Å²) >= 11 is 9.28. The van der Waals surface area contributed by atoms with Crippen molar-refractivity contribution in [3.63, 3.8) is 0 Å². The summed E-state index contributed by atoms with van der Waals surface area (Å²) < 4.78 is 6.59. The van der Waals surface area contributed by atoms with Gasteiger partial charge in [0, 0.05) is 29.4 Å². The predicted molar refractivity (Wildman–Crippen MR) is 150 cm³/mol. The molecule has 9 heteroatoms. The second-order valence-electron chi connectivity index (χ2n) is 7.74. The Bertz CT molecular complexity index is 1060. The summed E-state index contributed by atoms with van der Waals surface area (Å²) in [6.07, 6.45) is 1.30. The molecule has 1 amide bonds. The number of benzene rings is 2. The highest BCUT2D eigenvalue weighted by atomic mass is 35.5. The Morgan fingerprint density at radius 2 is 1.82 bits per heavy atom. The number of anilines is 1. The Labute approximate surface area is 222 Å². The SMILES string of the molecule is CCN(CC)CCN(C(=O)CCCSc1ccc(Cl)cc1)c1nc2c(OC)ccc(C)c2s1.Cl. The molecule has 3 rings (SSSR count). The first kappa shape index (κ1) is 28.7. The minimum atomic E-state index is 0. The number of thiazole rings is 1. The van der Waals surface area contributed by atoms with E-state index in [-0.39, 0.29) is 18.3 Å². The number of aryl methyl sites for hydroxylation is 1. The van der Waals surface area contributed by atoms with Gasteiger partial charge in [-0.3, -0.25) is 9.69 Å². The standard InChI is InChI=1S/C25H32ClN3O2S2.ClH/c1-5-28(6-2)15-16-29(22(30)8-7-17-32-20-12-10-19(26)11-13-20)25-27-23-21(31-4)14-9-18(3)24(23)33-25;/h9-14H,5-8,15-17H2,1-4H3;1H. The van der Waals surface area contributed by atoms with E-state index in [0.29, 0.717) is 13.0 Å². The van der Waals surface area contributed by atoms with Crippen molar-refractivity contribution < 1.29 is 9.53 Å². The number of likely N-dealkylation sites (N-methyl/N-ethyl adjacent to an activating group) is 1. The third-order valence-corrected chi connectivity index (χ3v) is 8.16. The highest BCUT2D eigenvalue weighted by Crippen LogP contribution is 2.36. The maximum Gasteiger partial charge on any atom is 0.228 e. The van der Waals surface area contributed by atoms with Gasteiger partial charge in [-0.25, -0.2) is 4.98 Å². The number of thioether (sulfide) groups is 1. The summed E-state index contributed by atoms with van der Waals surface area (Å²) in [7, 11) is 1.66. The zero-order valence-corrected chi connectivity index (χ0v) is 23.4. The number of carbonyl (C=O) groups is 1. The number of nitrogens with zero attached hydrogens (tertiary/aromatic N) is 3. The third-order valence-electron chi connectivity index (χ3n) is 5.60. The largest absolute Gasteiger partial charge is 0.494 e. The first-order valence-electron chi connectivity index (χ1n) is 11.3. The Morgan fingerprint density at radius 1 is 1.12 bits per heavy atom. The quantitative estimate of drug-likeness (QED) is 0.183. The molecule has 0 saturated heterocycles. The van der Waals surface area contributed by atoms with Gasteiger partial charge in [-0.15, -0.1) is 24.2 Å². The molecule has 0 bridgehead atoms. The van der Waals surface area contributed by atoms with Gasteiger partial charge in [0.15, 0.2) is 5.13 Å². The highest BCUT2D eigenvalue weighted by molar-refractivity contribution is 7.99. The van der Waals surface area contributed by atoms with Crippen molar-refractivity contribution in [2.75, 3.05) is 43.9 Å². The number of rotatable bonds is 12. The van der Waals surface area contributed by atoms with Crippen LogP contribution < -0.4 is 9.64 Å². The molecule has 2 aromatic carbocycles. The van der Waals surface area contributed by atoms with Crippen LogP contribution in [0.15, 0.2) is 41.3 Å². The lowest BCUT2D eigenvalue weighted by molar-refractivity contribution is -0.118. The van der Waals surface area contributed by atoms with Gasteiger partial charge in [-0.05, 0) is 68.1 Å². The van der Waals surface area contributed by atoms with Crippen LogP contribution in [0.3, 0.4) is 0 Å². The van der Waals surface area contributed by atoms with Gasteiger partial charge < -0.3 is 9.64 Å². The van der Waals surface area contributed by atoms with Gasteiger partial charge >= 0.3 is 0 Å². The lowest BCUT2D eigenvalue weighted by Gasteiger charge is -2.24. The minimum Gasteiger partial charge on any atom is -0.494 e. The molecule has 0 saturated carbocycles. The van der Waals surface area contributed by atoms with Crippen molar-refractivity contribution in [3.8, 4) is 5.75 Å². The maximum atomic E-state index is 13.3. The van der Waals surface area contributed by atoms with Crippen LogP contribution in [-0.4, -0.2) is 54.8 Å². The molecule has 34 heavy (non-hydrogen) atoms. The van der Waals surface area contributed by atoms with Crippen molar-refractivity contribution in [2.24, 2.45) is 0 Å². The van der Waals surface area contributed by atoms with E-state index in [1.165, 1.54) is 4.90 Å². The van der Waals surface area contributed by atoms with Crippen LogP contribution in [0.5, 0.6) is 5.75 Å². The molecule has 0 atom stereocenters. The summed E-state index contributed by atoms with van der Waals surface area (Å²) in [6.45, 7) is 9.74. The molecule has 186 valence electrons. The summed E-state index contributed by atoms with van der Waals surface area (Å²) in [4.78, 5) is 23.5. The summed E-state index contributed by atoms with van der Waals surface area (Å²) in [5.41, 5.74) is 1.97. The first-order valence-corrected chi connectivity index (χ1v) is 13.5. The van der Waals surface area contributed by atoms with Crippen molar-refractivity contribution in [3.05, 3.63) is 47.0 Å². The van der Waals surface area contributed by atoms with Crippen LogP contribution in [0.2, 0.25) is 5.02 Å². The maximum absolute atomic E-state index is 13.3. The van der Waals surface area contributed by atoms with Gasteiger partial charge in [0.2, 0.25) is 5.91 Å². The van der Waals surface area contributed by atoms with Crippen molar-refractivity contribution in [1.29, 1.82) is 0 Å². The minimum absolute atomic E-state index is 0. The average Bonchev–Trinajstić information content (AvgIpc) is 3.27. The molecule has 0 radical (unpaired) electrons. The number of ether oxygens (including phenoxy) is 1. The molecule has 5 nitrogen and oxygen atoms in total. The van der Waals surface area contributed by atoms with Crippen molar-refractivity contribution in [1.82, 2.24) is 9.88 Å². The molecular formula is C25H33Cl2N3O2S2. The number of amides is 1. The number of halogens is 2. The van der Waals surface area contributed by atoms with E-state index in [9.17, 15) is 4.79 Å². The average molecular weight is 543 g/mol. The Kier molecular flexibility index (Phi) is 12.0. The highest BCUT2D eigenvalue weighted by Gasteiger charge is 2.22. The van der Waals surface area contributed by atoms with Crippen LogP contribution in [0.1, 0.15) is 32.3 Å². The van der Waals surface area contributed by atoms with E-state index < -0.39 is 0 Å². The Morgan fingerprint density at radius 3 is 2.47 bits per heavy atom. The van der Waals surface area contributed by atoms with Crippen LogP contribution >= 0.6 is 47.1 Å². The number of hydrogen-bond donors (Lipinski definition) is 0. The summed E-state index contributed by atoms with van der Waals surface area (Å²) in [5.74, 6) is 1.74. The lowest BCUT2D eigenvalue weighted by Crippen LogP contribution is -2.38. The van der Waals surface area contributed by atoms with Gasteiger partial charge in [0.05, 0.1) is 11.8 Å².